The fourth-order valence-corrected chi connectivity index (χ4v) is 3.79. The van der Waals surface area contributed by atoms with Gasteiger partial charge < -0.3 is 15.3 Å². The molecular formula is C19H29N3O. The van der Waals surface area contributed by atoms with Gasteiger partial charge in [0.2, 0.25) is 0 Å². The second-order valence-electron chi connectivity index (χ2n) is 6.94. The van der Waals surface area contributed by atoms with Gasteiger partial charge in [-0.2, -0.15) is 0 Å². The molecule has 2 aliphatic rings. The Bertz CT molecular complexity index is 523. The molecule has 1 atom stereocenters. The third-order valence-corrected chi connectivity index (χ3v) is 5.15. The third kappa shape index (κ3) is 4.05. The van der Waals surface area contributed by atoms with Crippen molar-refractivity contribution in [3.63, 3.8) is 0 Å². The minimum Gasteiger partial charge on any atom is -0.388 e. The maximum absolute atomic E-state index is 10.5. The van der Waals surface area contributed by atoms with E-state index in [0.717, 1.165) is 51.3 Å². The van der Waals surface area contributed by atoms with Crippen LogP contribution in [0.2, 0.25) is 0 Å². The first-order chi connectivity index (χ1) is 11.2. The minimum absolute atomic E-state index is 0.530. The van der Waals surface area contributed by atoms with Crippen molar-refractivity contribution in [1.82, 2.24) is 10.2 Å². The Hall–Kier alpha value is -1.55. The monoisotopic (exact) mass is 315 g/mol. The number of hydrogen-bond donors (Lipinski definition) is 2. The number of aliphatic imine (C=N–C) groups is 1. The second kappa shape index (κ2) is 7.35. The Labute approximate surface area is 139 Å². The Balaban J connectivity index is 1.64. The zero-order valence-electron chi connectivity index (χ0n) is 14.2. The van der Waals surface area contributed by atoms with Crippen LogP contribution in [0.15, 0.2) is 35.3 Å². The van der Waals surface area contributed by atoms with E-state index in [4.69, 9.17) is 4.99 Å². The molecule has 2 fully saturated rings. The smallest absolute Gasteiger partial charge is 0.194 e. The van der Waals surface area contributed by atoms with Crippen LogP contribution in [-0.2, 0) is 0 Å². The lowest BCUT2D eigenvalue weighted by Gasteiger charge is -2.25. The Morgan fingerprint density at radius 2 is 2.04 bits per heavy atom. The lowest BCUT2D eigenvalue weighted by Crippen LogP contribution is -2.41. The molecule has 0 spiro atoms. The number of rotatable bonds is 4. The summed E-state index contributed by atoms with van der Waals surface area (Å²) in [5, 5.41) is 13.9. The van der Waals surface area contributed by atoms with E-state index in [9.17, 15) is 5.11 Å². The molecule has 1 aliphatic heterocycles. The zero-order valence-corrected chi connectivity index (χ0v) is 14.2. The van der Waals surface area contributed by atoms with E-state index in [2.05, 4.69) is 47.5 Å². The molecule has 23 heavy (non-hydrogen) atoms. The molecule has 1 unspecified atom stereocenters. The van der Waals surface area contributed by atoms with Crippen LogP contribution in [0, 0.1) is 0 Å². The molecule has 0 radical (unpaired) electrons. The molecule has 4 nitrogen and oxygen atoms in total. The highest BCUT2D eigenvalue weighted by Gasteiger charge is 2.32. The quantitative estimate of drug-likeness (QED) is 0.663. The van der Waals surface area contributed by atoms with E-state index in [0.29, 0.717) is 12.5 Å². The summed E-state index contributed by atoms with van der Waals surface area (Å²) in [6.07, 6.45) is 5.20. The number of hydrogen-bond acceptors (Lipinski definition) is 2. The van der Waals surface area contributed by atoms with Gasteiger partial charge in [-0.1, -0.05) is 43.2 Å². The predicted molar refractivity (Wildman–Crippen MR) is 94.8 cm³/mol. The lowest BCUT2D eigenvalue weighted by molar-refractivity contribution is 0.0572. The first-order valence-electron chi connectivity index (χ1n) is 9.01. The van der Waals surface area contributed by atoms with Crippen LogP contribution in [0.5, 0.6) is 0 Å². The molecule has 1 aromatic carbocycles. The molecule has 0 bridgehead atoms. The average molecular weight is 315 g/mol. The standard InChI is InChI=1S/C19H29N3O/c1-2-20-18(21-15-19(23)11-6-7-12-19)22-13-10-17(14-22)16-8-4-3-5-9-16/h3-5,8-9,17,23H,2,6-7,10-15H2,1H3,(H,20,21). The van der Waals surface area contributed by atoms with Crippen LogP contribution < -0.4 is 5.32 Å². The zero-order chi connectivity index (χ0) is 16.1. The van der Waals surface area contributed by atoms with Gasteiger partial charge in [-0.05, 0) is 31.7 Å². The maximum atomic E-state index is 10.5. The van der Waals surface area contributed by atoms with Gasteiger partial charge in [0, 0.05) is 25.6 Å². The molecule has 3 rings (SSSR count). The Morgan fingerprint density at radius 3 is 2.74 bits per heavy atom. The number of likely N-dealkylation sites (tertiary alicyclic amines) is 1. The Morgan fingerprint density at radius 1 is 1.30 bits per heavy atom. The van der Waals surface area contributed by atoms with Crippen LogP contribution in [-0.4, -0.2) is 47.7 Å². The van der Waals surface area contributed by atoms with Gasteiger partial charge in [0.1, 0.15) is 0 Å². The average Bonchev–Trinajstić information content (AvgIpc) is 3.22. The summed E-state index contributed by atoms with van der Waals surface area (Å²) in [5.74, 6) is 1.54. The molecule has 1 aromatic rings. The first-order valence-corrected chi connectivity index (χ1v) is 9.01. The van der Waals surface area contributed by atoms with E-state index in [1.807, 2.05) is 0 Å². The molecule has 0 aromatic heterocycles. The summed E-state index contributed by atoms with van der Waals surface area (Å²) in [5.41, 5.74) is 0.847. The highest BCUT2D eigenvalue weighted by molar-refractivity contribution is 5.80. The fraction of sp³-hybridized carbons (Fsp3) is 0.632. The number of nitrogens with one attached hydrogen (secondary N) is 1. The summed E-state index contributed by atoms with van der Waals surface area (Å²) >= 11 is 0. The highest BCUT2D eigenvalue weighted by Crippen LogP contribution is 2.30. The molecular weight excluding hydrogens is 286 g/mol. The summed E-state index contributed by atoms with van der Waals surface area (Å²) in [4.78, 5) is 7.11. The van der Waals surface area contributed by atoms with E-state index in [-0.39, 0.29) is 0 Å². The van der Waals surface area contributed by atoms with Crippen LogP contribution in [0.1, 0.15) is 50.5 Å². The summed E-state index contributed by atoms with van der Waals surface area (Å²) < 4.78 is 0. The fourth-order valence-electron chi connectivity index (χ4n) is 3.79. The SMILES string of the molecule is CCNC(=NCC1(O)CCCC1)N1CCC(c2ccccc2)C1. The first kappa shape index (κ1) is 16.3. The van der Waals surface area contributed by atoms with Crippen molar-refractivity contribution < 1.29 is 5.11 Å². The molecule has 1 heterocycles. The second-order valence-corrected chi connectivity index (χ2v) is 6.94. The van der Waals surface area contributed by atoms with Gasteiger partial charge in [-0.25, -0.2) is 0 Å². The number of nitrogens with zero attached hydrogens (tertiary/aromatic N) is 2. The van der Waals surface area contributed by atoms with Crippen molar-refractivity contribution >= 4 is 5.96 Å². The summed E-state index contributed by atoms with van der Waals surface area (Å²) in [6.45, 7) is 5.54. The van der Waals surface area contributed by atoms with E-state index < -0.39 is 5.60 Å². The van der Waals surface area contributed by atoms with E-state index >= 15 is 0 Å². The largest absolute Gasteiger partial charge is 0.388 e. The number of guanidine groups is 1. The molecule has 4 heteroatoms. The lowest BCUT2D eigenvalue weighted by atomic mass is 9.99. The molecule has 1 aliphatic carbocycles. The van der Waals surface area contributed by atoms with Gasteiger partial charge in [0.25, 0.3) is 0 Å². The summed E-state index contributed by atoms with van der Waals surface area (Å²) in [6, 6.07) is 10.8. The third-order valence-electron chi connectivity index (χ3n) is 5.15. The van der Waals surface area contributed by atoms with Crippen molar-refractivity contribution in [3.05, 3.63) is 35.9 Å². The van der Waals surface area contributed by atoms with Crippen LogP contribution in [0.25, 0.3) is 0 Å². The van der Waals surface area contributed by atoms with Gasteiger partial charge in [0.15, 0.2) is 5.96 Å². The van der Waals surface area contributed by atoms with Gasteiger partial charge >= 0.3 is 0 Å². The summed E-state index contributed by atoms with van der Waals surface area (Å²) in [7, 11) is 0. The van der Waals surface area contributed by atoms with Crippen molar-refractivity contribution in [2.45, 2.75) is 50.5 Å². The van der Waals surface area contributed by atoms with Gasteiger partial charge in [-0.3, -0.25) is 4.99 Å². The van der Waals surface area contributed by atoms with E-state index in [1.165, 1.54) is 12.0 Å². The molecule has 2 N–H and O–H groups in total. The van der Waals surface area contributed by atoms with Crippen LogP contribution in [0.4, 0.5) is 0 Å². The normalized spacial score (nSPS) is 24.2. The molecule has 1 saturated carbocycles. The van der Waals surface area contributed by atoms with Crippen molar-refractivity contribution in [3.8, 4) is 0 Å². The van der Waals surface area contributed by atoms with Gasteiger partial charge in [-0.15, -0.1) is 0 Å². The topological polar surface area (TPSA) is 47.9 Å². The van der Waals surface area contributed by atoms with Gasteiger partial charge in [0.05, 0.1) is 12.1 Å². The molecule has 126 valence electrons. The number of benzene rings is 1. The highest BCUT2D eigenvalue weighted by atomic mass is 16.3. The van der Waals surface area contributed by atoms with Crippen molar-refractivity contribution in [2.24, 2.45) is 4.99 Å². The molecule has 1 saturated heterocycles. The molecule has 0 amide bonds. The van der Waals surface area contributed by atoms with E-state index in [1.54, 1.807) is 0 Å². The van der Waals surface area contributed by atoms with Crippen molar-refractivity contribution in [1.29, 1.82) is 0 Å². The van der Waals surface area contributed by atoms with Crippen molar-refractivity contribution in [2.75, 3.05) is 26.2 Å². The minimum atomic E-state index is -0.570. The van der Waals surface area contributed by atoms with Crippen LogP contribution in [0.3, 0.4) is 0 Å². The maximum Gasteiger partial charge on any atom is 0.194 e. The van der Waals surface area contributed by atoms with Crippen LogP contribution >= 0.6 is 0 Å². The number of aliphatic hydroxyl groups is 1. The Kier molecular flexibility index (Phi) is 5.21. The predicted octanol–water partition coefficient (Wildman–Crippen LogP) is 2.75.